The first kappa shape index (κ1) is 20.1. The lowest BCUT2D eigenvalue weighted by Crippen LogP contribution is -2.14. The Balaban J connectivity index is 1.37. The van der Waals surface area contributed by atoms with Crippen molar-refractivity contribution in [3.8, 4) is 16.3 Å². The number of hydrogen-bond acceptors (Lipinski definition) is 5. The highest BCUT2D eigenvalue weighted by atomic mass is 32.1. The number of anilines is 2. The van der Waals surface area contributed by atoms with Crippen molar-refractivity contribution in [2.24, 2.45) is 5.92 Å². The fourth-order valence-corrected chi connectivity index (χ4v) is 3.69. The van der Waals surface area contributed by atoms with Gasteiger partial charge in [-0.1, -0.05) is 0 Å². The fourth-order valence-electron chi connectivity index (χ4n) is 2.88. The Labute approximate surface area is 179 Å². The molecular weight excluding hydrogens is 398 g/mol. The number of rotatable bonds is 7. The molecule has 7 heteroatoms. The number of carbonyl (C=O) groups excluding carboxylic acids is 2. The maximum absolute atomic E-state index is 12.5. The van der Waals surface area contributed by atoms with Gasteiger partial charge in [-0.25, -0.2) is 4.98 Å². The SMILES string of the molecule is CC(C)Oc1ccc(-c2nc(C(=O)Nc3ccc(NC(=O)C4CC4)cc3)cs2)cc1. The summed E-state index contributed by atoms with van der Waals surface area (Å²) < 4.78 is 5.65. The lowest BCUT2D eigenvalue weighted by Gasteiger charge is -2.09. The van der Waals surface area contributed by atoms with Crippen molar-refractivity contribution in [1.29, 1.82) is 0 Å². The normalized spacial score (nSPS) is 13.2. The van der Waals surface area contributed by atoms with Gasteiger partial charge in [-0.05, 0) is 75.2 Å². The number of hydrogen-bond donors (Lipinski definition) is 2. The second-order valence-electron chi connectivity index (χ2n) is 7.52. The molecule has 30 heavy (non-hydrogen) atoms. The molecule has 2 amide bonds. The molecule has 0 unspecified atom stereocenters. The molecule has 1 aliphatic rings. The number of thiazole rings is 1. The minimum absolute atomic E-state index is 0.0607. The Hall–Kier alpha value is -3.19. The van der Waals surface area contributed by atoms with Gasteiger partial charge < -0.3 is 15.4 Å². The van der Waals surface area contributed by atoms with E-state index in [2.05, 4.69) is 15.6 Å². The molecule has 1 fully saturated rings. The first-order chi connectivity index (χ1) is 14.5. The molecule has 1 aromatic heterocycles. The predicted octanol–water partition coefficient (Wildman–Crippen LogP) is 5.20. The lowest BCUT2D eigenvalue weighted by atomic mass is 10.2. The maximum atomic E-state index is 12.5. The molecule has 3 aromatic rings. The Bertz CT molecular complexity index is 1040. The van der Waals surface area contributed by atoms with E-state index in [1.165, 1.54) is 11.3 Å². The van der Waals surface area contributed by atoms with Gasteiger partial charge in [0.2, 0.25) is 5.91 Å². The van der Waals surface area contributed by atoms with Crippen LogP contribution in [0.2, 0.25) is 0 Å². The first-order valence-electron chi connectivity index (χ1n) is 9.93. The van der Waals surface area contributed by atoms with Gasteiger partial charge in [0.05, 0.1) is 6.10 Å². The highest BCUT2D eigenvalue weighted by molar-refractivity contribution is 7.13. The van der Waals surface area contributed by atoms with Crippen LogP contribution in [0.5, 0.6) is 5.75 Å². The predicted molar refractivity (Wildman–Crippen MR) is 119 cm³/mol. The number of nitrogens with one attached hydrogen (secondary N) is 2. The number of benzene rings is 2. The maximum Gasteiger partial charge on any atom is 0.275 e. The van der Waals surface area contributed by atoms with E-state index in [0.717, 1.165) is 34.8 Å². The molecule has 0 saturated heterocycles. The number of ether oxygens (including phenoxy) is 1. The largest absolute Gasteiger partial charge is 0.491 e. The van der Waals surface area contributed by atoms with Gasteiger partial charge in [0.1, 0.15) is 16.5 Å². The molecular formula is C23H23N3O3S. The standard InChI is InChI=1S/C23H23N3O3S/c1-14(2)29-19-11-5-16(6-12-19)23-26-20(13-30-23)22(28)25-18-9-7-17(8-10-18)24-21(27)15-3-4-15/h5-15H,3-4H2,1-2H3,(H,24,27)(H,25,28). The van der Waals surface area contributed by atoms with E-state index in [1.54, 1.807) is 29.6 Å². The molecule has 4 rings (SSSR count). The van der Waals surface area contributed by atoms with Gasteiger partial charge >= 0.3 is 0 Å². The summed E-state index contributed by atoms with van der Waals surface area (Å²) in [5.41, 5.74) is 2.68. The van der Waals surface area contributed by atoms with Crippen molar-refractivity contribution in [2.45, 2.75) is 32.8 Å². The van der Waals surface area contributed by atoms with E-state index >= 15 is 0 Å². The first-order valence-corrected chi connectivity index (χ1v) is 10.8. The molecule has 1 aliphatic carbocycles. The second-order valence-corrected chi connectivity index (χ2v) is 8.38. The molecule has 0 atom stereocenters. The molecule has 0 radical (unpaired) electrons. The molecule has 0 spiro atoms. The summed E-state index contributed by atoms with van der Waals surface area (Å²) in [6.07, 6.45) is 2.05. The Morgan fingerprint density at radius 1 is 1.00 bits per heavy atom. The monoisotopic (exact) mass is 421 g/mol. The summed E-state index contributed by atoms with van der Waals surface area (Å²) in [5, 5.41) is 8.24. The van der Waals surface area contributed by atoms with Gasteiger partial charge in [0.25, 0.3) is 5.91 Å². The van der Waals surface area contributed by atoms with Gasteiger partial charge in [-0.15, -0.1) is 11.3 Å². The lowest BCUT2D eigenvalue weighted by molar-refractivity contribution is -0.117. The summed E-state index contributed by atoms with van der Waals surface area (Å²) in [7, 11) is 0. The van der Waals surface area contributed by atoms with Gasteiger partial charge in [0, 0.05) is 28.2 Å². The van der Waals surface area contributed by atoms with Crippen LogP contribution in [-0.2, 0) is 4.79 Å². The summed E-state index contributed by atoms with van der Waals surface area (Å²) in [5.74, 6) is 0.750. The molecule has 154 valence electrons. The average Bonchev–Trinajstić information content (AvgIpc) is 3.46. The molecule has 2 aromatic carbocycles. The molecule has 0 aliphatic heterocycles. The third-order valence-electron chi connectivity index (χ3n) is 4.57. The average molecular weight is 422 g/mol. The van der Waals surface area contributed by atoms with Crippen LogP contribution in [0.25, 0.3) is 10.6 Å². The number of nitrogens with zero attached hydrogens (tertiary/aromatic N) is 1. The van der Waals surface area contributed by atoms with Crippen LogP contribution in [0.15, 0.2) is 53.9 Å². The van der Waals surface area contributed by atoms with Crippen LogP contribution >= 0.6 is 11.3 Å². The second kappa shape index (κ2) is 8.67. The Morgan fingerprint density at radius 2 is 1.63 bits per heavy atom. The highest BCUT2D eigenvalue weighted by Crippen LogP contribution is 2.30. The van der Waals surface area contributed by atoms with Gasteiger partial charge in [-0.3, -0.25) is 9.59 Å². The number of amides is 2. The Kier molecular flexibility index (Phi) is 5.81. The molecule has 1 heterocycles. The summed E-state index contributed by atoms with van der Waals surface area (Å²) in [6, 6.07) is 14.8. The highest BCUT2D eigenvalue weighted by Gasteiger charge is 2.29. The minimum atomic E-state index is -0.271. The van der Waals surface area contributed by atoms with E-state index < -0.39 is 0 Å². The summed E-state index contributed by atoms with van der Waals surface area (Å²) in [6.45, 7) is 3.97. The molecule has 2 N–H and O–H groups in total. The third-order valence-corrected chi connectivity index (χ3v) is 5.46. The molecule has 0 bridgehead atoms. The van der Waals surface area contributed by atoms with Crippen molar-refractivity contribution >= 4 is 34.5 Å². The van der Waals surface area contributed by atoms with Crippen molar-refractivity contribution in [2.75, 3.05) is 10.6 Å². The van der Waals surface area contributed by atoms with E-state index in [0.29, 0.717) is 11.4 Å². The van der Waals surface area contributed by atoms with Gasteiger partial charge in [0.15, 0.2) is 0 Å². The molecule has 1 saturated carbocycles. The topological polar surface area (TPSA) is 80.3 Å². The zero-order chi connectivity index (χ0) is 21.1. The van der Waals surface area contributed by atoms with Crippen LogP contribution in [0.1, 0.15) is 37.2 Å². The van der Waals surface area contributed by atoms with Gasteiger partial charge in [-0.2, -0.15) is 0 Å². The molecule has 6 nitrogen and oxygen atoms in total. The number of aromatic nitrogens is 1. The van der Waals surface area contributed by atoms with E-state index in [4.69, 9.17) is 4.74 Å². The van der Waals surface area contributed by atoms with Crippen LogP contribution in [0.4, 0.5) is 11.4 Å². The van der Waals surface area contributed by atoms with E-state index in [1.807, 2.05) is 38.1 Å². The van der Waals surface area contributed by atoms with Crippen LogP contribution in [-0.4, -0.2) is 22.9 Å². The fraction of sp³-hybridized carbons (Fsp3) is 0.261. The van der Waals surface area contributed by atoms with E-state index in [9.17, 15) is 9.59 Å². The minimum Gasteiger partial charge on any atom is -0.491 e. The van der Waals surface area contributed by atoms with Crippen molar-refractivity contribution < 1.29 is 14.3 Å². The summed E-state index contributed by atoms with van der Waals surface area (Å²) in [4.78, 5) is 28.8. The van der Waals surface area contributed by atoms with Crippen molar-refractivity contribution in [1.82, 2.24) is 4.98 Å². The van der Waals surface area contributed by atoms with Crippen LogP contribution < -0.4 is 15.4 Å². The smallest absolute Gasteiger partial charge is 0.275 e. The zero-order valence-electron chi connectivity index (χ0n) is 16.8. The summed E-state index contributed by atoms with van der Waals surface area (Å²) >= 11 is 1.42. The zero-order valence-corrected chi connectivity index (χ0v) is 17.7. The quantitative estimate of drug-likeness (QED) is 0.550. The van der Waals surface area contributed by atoms with E-state index in [-0.39, 0.29) is 23.8 Å². The van der Waals surface area contributed by atoms with Crippen LogP contribution in [0, 0.1) is 5.92 Å². The van der Waals surface area contributed by atoms with Crippen molar-refractivity contribution in [3.05, 3.63) is 59.6 Å². The third kappa shape index (κ3) is 5.04. The number of carbonyl (C=O) groups is 2. The van der Waals surface area contributed by atoms with Crippen LogP contribution in [0.3, 0.4) is 0 Å². The van der Waals surface area contributed by atoms with Crippen molar-refractivity contribution in [3.63, 3.8) is 0 Å². The Morgan fingerprint density at radius 3 is 2.23 bits per heavy atom.